The Hall–Kier alpha value is -1.96. The summed E-state index contributed by atoms with van der Waals surface area (Å²) in [5, 5.41) is 5.32. The van der Waals surface area contributed by atoms with Crippen LogP contribution in [0.5, 0.6) is 5.75 Å². The molecule has 2 aromatic rings. The van der Waals surface area contributed by atoms with Gasteiger partial charge in [0.2, 0.25) is 0 Å². The quantitative estimate of drug-likeness (QED) is 0.839. The van der Waals surface area contributed by atoms with Crippen molar-refractivity contribution in [1.29, 1.82) is 0 Å². The van der Waals surface area contributed by atoms with E-state index in [9.17, 15) is 4.79 Å². The van der Waals surface area contributed by atoms with Crippen molar-refractivity contribution in [3.63, 3.8) is 0 Å². The average molecular weight is 347 g/mol. The molecule has 0 radical (unpaired) electrons. The highest BCUT2D eigenvalue weighted by Gasteiger charge is 2.30. The van der Waals surface area contributed by atoms with Crippen molar-refractivity contribution in [3.05, 3.63) is 29.6 Å². The summed E-state index contributed by atoms with van der Waals surface area (Å²) in [7, 11) is 0. The molecule has 0 saturated carbocycles. The molecule has 3 rings (SSSR count). The first-order valence-corrected chi connectivity index (χ1v) is 8.92. The number of nitrogens with two attached hydrogens (primary N) is 1. The Morgan fingerprint density at radius 3 is 2.88 bits per heavy atom. The van der Waals surface area contributed by atoms with Gasteiger partial charge in [-0.25, -0.2) is 4.98 Å². The number of rotatable bonds is 6. The number of aromatic nitrogens is 1. The van der Waals surface area contributed by atoms with Gasteiger partial charge in [0.05, 0.1) is 18.4 Å². The van der Waals surface area contributed by atoms with Gasteiger partial charge in [0.1, 0.15) is 11.9 Å². The topological polar surface area (TPSA) is 86.5 Å². The second-order valence-corrected chi connectivity index (χ2v) is 6.40. The van der Waals surface area contributed by atoms with E-state index in [-0.39, 0.29) is 12.0 Å². The number of nitrogens with one attached hydrogen (secondary N) is 1. The monoisotopic (exact) mass is 347 g/mol. The van der Waals surface area contributed by atoms with Crippen LogP contribution in [0.4, 0.5) is 5.13 Å². The maximum Gasteiger partial charge on any atom is 0.255 e. The number of hydrogen-bond donors (Lipinski definition) is 2. The third-order valence-electron chi connectivity index (χ3n) is 3.86. The first-order valence-electron chi connectivity index (χ1n) is 8.04. The molecule has 0 aliphatic carbocycles. The summed E-state index contributed by atoms with van der Waals surface area (Å²) >= 11 is 1.40. The predicted octanol–water partition coefficient (Wildman–Crippen LogP) is 2.65. The van der Waals surface area contributed by atoms with E-state index < -0.39 is 6.10 Å². The number of thiazole rings is 1. The Labute approximate surface area is 145 Å². The van der Waals surface area contributed by atoms with E-state index in [4.69, 9.17) is 15.2 Å². The van der Waals surface area contributed by atoms with Crippen molar-refractivity contribution < 1.29 is 14.3 Å². The van der Waals surface area contributed by atoms with Crippen molar-refractivity contribution >= 4 is 22.4 Å². The maximum atomic E-state index is 12.2. The Morgan fingerprint density at radius 2 is 2.21 bits per heavy atom. The molecule has 1 aromatic carbocycles. The molecule has 0 bridgehead atoms. The molecule has 1 fully saturated rings. The highest BCUT2D eigenvalue weighted by atomic mass is 32.1. The molecule has 2 heterocycles. The van der Waals surface area contributed by atoms with Gasteiger partial charge in [0.15, 0.2) is 5.13 Å². The van der Waals surface area contributed by atoms with Crippen LogP contribution in [0.3, 0.4) is 0 Å². The van der Waals surface area contributed by atoms with Crippen LogP contribution in [-0.4, -0.2) is 36.3 Å². The van der Waals surface area contributed by atoms with Crippen LogP contribution in [0.1, 0.15) is 19.8 Å². The Balaban J connectivity index is 1.62. The molecule has 2 atom stereocenters. The number of anilines is 1. The Kier molecular flexibility index (Phi) is 5.44. The second kappa shape index (κ2) is 7.74. The lowest BCUT2D eigenvalue weighted by Gasteiger charge is -2.11. The number of ether oxygens (including phenoxy) is 2. The lowest BCUT2D eigenvalue weighted by Crippen LogP contribution is -2.29. The molecule has 0 spiro atoms. The van der Waals surface area contributed by atoms with Gasteiger partial charge < -0.3 is 15.2 Å². The van der Waals surface area contributed by atoms with E-state index >= 15 is 0 Å². The number of amides is 1. The Bertz CT molecular complexity index is 687. The van der Waals surface area contributed by atoms with Gasteiger partial charge in [-0.1, -0.05) is 0 Å². The van der Waals surface area contributed by atoms with Crippen LogP contribution < -0.4 is 15.8 Å². The number of hydrogen-bond acceptors (Lipinski definition) is 6. The summed E-state index contributed by atoms with van der Waals surface area (Å²) < 4.78 is 11.0. The summed E-state index contributed by atoms with van der Waals surface area (Å²) in [6, 6.07) is 7.74. The third-order valence-corrected chi connectivity index (χ3v) is 4.62. The molecule has 1 aliphatic heterocycles. The second-order valence-electron chi connectivity index (χ2n) is 5.54. The van der Waals surface area contributed by atoms with Gasteiger partial charge in [-0.15, -0.1) is 11.3 Å². The minimum Gasteiger partial charge on any atom is -0.494 e. The number of carbonyl (C=O) groups excluding carboxylic acids is 1. The molecule has 24 heavy (non-hydrogen) atoms. The van der Waals surface area contributed by atoms with Gasteiger partial charge in [-0.3, -0.25) is 10.1 Å². The zero-order chi connectivity index (χ0) is 16.9. The Morgan fingerprint density at radius 1 is 1.42 bits per heavy atom. The minimum atomic E-state index is -0.434. The zero-order valence-electron chi connectivity index (χ0n) is 13.5. The third kappa shape index (κ3) is 3.92. The van der Waals surface area contributed by atoms with Crippen LogP contribution in [0, 0.1) is 0 Å². The summed E-state index contributed by atoms with van der Waals surface area (Å²) in [4.78, 5) is 16.7. The standard InChI is InChI=1S/C17H21N3O3S/c1-2-22-12-5-3-11(4-6-12)14-10-24-17(19-14)20-16(21)15-8-7-13(9-18)23-15/h3-6,10,13,15H,2,7-9,18H2,1H3,(H,19,20,21)/t13-,15+/m1/s1. The molecule has 7 heteroatoms. The lowest BCUT2D eigenvalue weighted by atomic mass is 10.2. The predicted molar refractivity (Wildman–Crippen MR) is 94.3 cm³/mol. The highest BCUT2D eigenvalue weighted by Crippen LogP contribution is 2.27. The van der Waals surface area contributed by atoms with E-state index in [1.807, 2.05) is 36.6 Å². The van der Waals surface area contributed by atoms with E-state index in [0.29, 0.717) is 24.7 Å². The molecule has 1 amide bonds. The van der Waals surface area contributed by atoms with Crippen molar-refractivity contribution in [1.82, 2.24) is 4.98 Å². The summed E-state index contributed by atoms with van der Waals surface area (Å²) in [6.45, 7) is 3.04. The number of nitrogens with zero attached hydrogens (tertiary/aromatic N) is 1. The SMILES string of the molecule is CCOc1ccc(-c2csc(NC(=O)[C@@H]3CC[C@H](CN)O3)n2)cc1. The molecule has 6 nitrogen and oxygen atoms in total. The van der Waals surface area contributed by atoms with Crippen LogP contribution in [0.2, 0.25) is 0 Å². The van der Waals surface area contributed by atoms with E-state index in [2.05, 4.69) is 10.3 Å². The van der Waals surface area contributed by atoms with E-state index in [1.165, 1.54) is 11.3 Å². The van der Waals surface area contributed by atoms with Crippen molar-refractivity contribution in [3.8, 4) is 17.0 Å². The molecule has 1 aromatic heterocycles. The fourth-order valence-corrected chi connectivity index (χ4v) is 3.33. The lowest BCUT2D eigenvalue weighted by molar-refractivity contribution is -0.126. The summed E-state index contributed by atoms with van der Waals surface area (Å²) in [5.41, 5.74) is 7.38. The van der Waals surface area contributed by atoms with Gasteiger partial charge in [0, 0.05) is 17.5 Å². The van der Waals surface area contributed by atoms with Crippen LogP contribution in [0.15, 0.2) is 29.6 Å². The minimum absolute atomic E-state index is 0.0172. The maximum absolute atomic E-state index is 12.2. The van der Waals surface area contributed by atoms with Crippen molar-refractivity contribution in [2.45, 2.75) is 32.0 Å². The fourth-order valence-electron chi connectivity index (χ4n) is 2.61. The summed E-state index contributed by atoms with van der Waals surface area (Å²) in [6.07, 6.45) is 1.07. The van der Waals surface area contributed by atoms with Crippen LogP contribution in [-0.2, 0) is 9.53 Å². The van der Waals surface area contributed by atoms with Gasteiger partial charge in [-0.05, 0) is 44.0 Å². The fraction of sp³-hybridized carbons (Fsp3) is 0.412. The largest absolute Gasteiger partial charge is 0.494 e. The van der Waals surface area contributed by atoms with Crippen molar-refractivity contribution in [2.75, 3.05) is 18.5 Å². The van der Waals surface area contributed by atoms with Gasteiger partial charge in [-0.2, -0.15) is 0 Å². The van der Waals surface area contributed by atoms with Crippen LogP contribution in [0.25, 0.3) is 11.3 Å². The molecular weight excluding hydrogens is 326 g/mol. The average Bonchev–Trinajstić information content (AvgIpc) is 3.25. The molecular formula is C17H21N3O3S. The smallest absolute Gasteiger partial charge is 0.255 e. The molecule has 3 N–H and O–H groups in total. The molecule has 0 unspecified atom stereocenters. The molecule has 1 aliphatic rings. The normalized spacial score (nSPS) is 20.1. The molecule has 1 saturated heterocycles. The number of carbonyl (C=O) groups is 1. The molecule has 128 valence electrons. The first kappa shape index (κ1) is 16.9. The zero-order valence-corrected chi connectivity index (χ0v) is 14.3. The van der Waals surface area contributed by atoms with E-state index in [1.54, 1.807) is 0 Å². The number of benzene rings is 1. The highest BCUT2D eigenvalue weighted by molar-refractivity contribution is 7.14. The van der Waals surface area contributed by atoms with Crippen molar-refractivity contribution in [2.24, 2.45) is 5.73 Å². The summed E-state index contributed by atoms with van der Waals surface area (Å²) in [5.74, 6) is 0.677. The van der Waals surface area contributed by atoms with Gasteiger partial charge >= 0.3 is 0 Å². The van der Waals surface area contributed by atoms with Gasteiger partial charge in [0.25, 0.3) is 5.91 Å². The van der Waals surface area contributed by atoms with E-state index in [0.717, 1.165) is 23.4 Å². The van der Waals surface area contributed by atoms with Crippen LogP contribution >= 0.6 is 11.3 Å². The first-order chi connectivity index (χ1) is 11.7.